The summed E-state index contributed by atoms with van der Waals surface area (Å²) in [6, 6.07) is 1.95. The number of hydrogen-bond donors (Lipinski definition) is 1. The van der Waals surface area contributed by atoms with Gasteiger partial charge in [0.15, 0.2) is 11.5 Å². The molecule has 94 valence electrons. The fraction of sp³-hybridized carbons (Fsp3) is 0.500. The lowest BCUT2D eigenvalue weighted by atomic mass is 10.1. The lowest BCUT2D eigenvalue weighted by Gasteiger charge is -2.14. The third-order valence-corrected chi connectivity index (χ3v) is 2.70. The summed E-state index contributed by atoms with van der Waals surface area (Å²) >= 11 is 0. The van der Waals surface area contributed by atoms with Crippen molar-refractivity contribution >= 4 is 0 Å². The quantitative estimate of drug-likeness (QED) is 0.836. The van der Waals surface area contributed by atoms with E-state index in [0.29, 0.717) is 23.0 Å². The molecule has 1 N–H and O–H groups in total. The first-order valence-electron chi connectivity index (χ1n) is 5.49. The molecule has 2 rings (SSSR count). The highest BCUT2D eigenvalue weighted by Gasteiger charge is 2.25. The van der Waals surface area contributed by atoms with Gasteiger partial charge < -0.3 is 24.3 Å². The van der Waals surface area contributed by atoms with E-state index in [1.807, 2.05) is 13.1 Å². The Morgan fingerprint density at radius 2 is 2.00 bits per heavy atom. The zero-order valence-electron chi connectivity index (χ0n) is 10.3. The predicted molar refractivity (Wildman–Crippen MR) is 63.3 cm³/mol. The van der Waals surface area contributed by atoms with Gasteiger partial charge in [0, 0.05) is 5.56 Å². The van der Waals surface area contributed by atoms with Gasteiger partial charge in [-0.25, -0.2) is 0 Å². The van der Waals surface area contributed by atoms with E-state index in [2.05, 4.69) is 5.32 Å². The van der Waals surface area contributed by atoms with Gasteiger partial charge in [0.2, 0.25) is 18.3 Å². The standard InChI is InChI=1S/C12H17NO4/c1-13-5-4-8-6-9-11(17-7-16-9)12(15-3)10(8)14-2/h6,13H,4-5,7H2,1-3H3. The first-order chi connectivity index (χ1) is 8.31. The monoisotopic (exact) mass is 239 g/mol. The zero-order chi connectivity index (χ0) is 12.3. The molecule has 0 aromatic heterocycles. The molecule has 0 bridgehead atoms. The number of rotatable bonds is 5. The number of fused-ring (bicyclic) bond motifs is 1. The average molecular weight is 239 g/mol. The molecule has 0 amide bonds. The Morgan fingerprint density at radius 1 is 1.24 bits per heavy atom. The second-order valence-corrected chi connectivity index (χ2v) is 3.69. The SMILES string of the molecule is CNCCc1cc2c(c(OC)c1OC)OCO2. The predicted octanol–water partition coefficient (Wildman–Crippen LogP) is 1.19. The van der Waals surface area contributed by atoms with Crippen molar-refractivity contribution in [2.75, 3.05) is 34.6 Å². The van der Waals surface area contributed by atoms with E-state index < -0.39 is 0 Å². The van der Waals surface area contributed by atoms with E-state index in [9.17, 15) is 0 Å². The third kappa shape index (κ3) is 2.10. The van der Waals surface area contributed by atoms with E-state index >= 15 is 0 Å². The first-order valence-corrected chi connectivity index (χ1v) is 5.49. The van der Waals surface area contributed by atoms with Crippen LogP contribution in [-0.2, 0) is 6.42 Å². The molecule has 0 unspecified atom stereocenters. The van der Waals surface area contributed by atoms with Crippen LogP contribution in [-0.4, -0.2) is 34.6 Å². The second-order valence-electron chi connectivity index (χ2n) is 3.69. The van der Waals surface area contributed by atoms with Crippen molar-refractivity contribution in [3.05, 3.63) is 11.6 Å². The Kier molecular flexibility index (Phi) is 3.58. The maximum atomic E-state index is 5.40. The normalized spacial score (nSPS) is 12.6. The molecule has 1 aliphatic rings. The second kappa shape index (κ2) is 5.14. The van der Waals surface area contributed by atoms with Gasteiger partial charge in [-0.15, -0.1) is 0 Å². The van der Waals surface area contributed by atoms with Gasteiger partial charge in [-0.1, -0.05) is 0 Å². The topological polar surface area (TPSA) is 49.0 Å². The fourth-order valence-corrected chi connectivity index (χ4v) is 1.90. The molecule has 0 saturated heterocycles. The van der Waals surface area contributed by atoms with Crippen LogP contribution in [0.5, 0.6) is 23.0 Å². The Hall–Kier alpha value is -1.62. The maximum Gasteiger partial charge on any atom is 0.231 e. The van der Waals surface area contributed by atoms with Crippen molar-refractivity contribution in [3.8, 4) is 23.0 Å². The van der Waals surface area contributed by atoms with Crippen molar-refractivity contribution in [2.45, 2.75) is 6.42 Å². The van der Waals surface area contributed by atoms with Gasteiger partial charge in [0.05, 0.1) is 14.2 Å². The molecule has 0 fully saturated rings. The maximum absolute atomic E-state index is 5.40. The lowest BCUT2D eigenvalue weighted by molar-refractivity contribution is 0.170. The zero-order valence-corrected chi connectivity index (χ0v) is 10.3. The van der Waals surface area contributed by atoms with Crippen LogP contribution in [0.1, 0.15) is 5.56 Å². The summed E-state index contributed by atoms with van der Waals surface area (Å²) < 4.78 is 21.5. The van der Waals surface area contributed by atoms with Crippen LogP contribution in [0.25, 0.3) is 0 Å². The van der Waals surface area contributed by atoms with Crippen LogP contribution in [0, 0.1) is 0 Å². The van der Waals surface area contributed by atoms with Gasteiger partial charge in [-0.2, -0.15) is 0 Å². The number of nitrogens with one attached hydrogen (secondary N) is 1. The van der Waals surface area contributed by atoms with Crippen molar-refractivity contribution < 1.29 is 18.9 Å². The fourth-order valence-electron chi connectivity index (χ4n) is 1.90. The molecule has 0 radical (unpaired) electrons. The summed E-state index contributed by atoms with van der Waals surface area (Å²) in [4.78, 5) is 0. The Bertz CT molecular complexity index is 406. The van der Waals surface area contributed by atoms with Crippen molar-refractivity contribution in [3.63, 3.8) is 0 Å². The number of methoxy groups -OCH3 is 2. The highest BCUT2D eigenvalue weighted by Crippen LogP contribution is 2.48. The number of likely N-dealkylation sites (N-methyl/N-ethyl adjacent to an activating group) is 1. The Balaban J connectivity index is 2.44. The highest BCUT2D eigenvalue weighted by atomic mass is 16.7. The molecule has 1 aliphatic heterocycles. The summed E-state index contributed by atoms with van der Waals surface area (Å²) in [5.74, 6) is 2.66. The van der Waals surface area contributed by atoms with Gasteiger partial charge in [0.1, 0.15) is 0 Å². The minimum absolute atomic E-state index is 0.227. The van der Waals surface area contributed by atoms with Crippen LogP contribution < -0.4 is 24.3 Å². The highest BCUT2D eigenvalue weighted by molar-refractivity contribution is 5.63. The van der Waals surface area contributed by atoms with Gasteiger partial charge in [-0.05, 0) is 26.1 Å². The van der Waals surface area contributed by atoms with Crippen molar-refractivity contribution in [2.24, 2.45) is 0 Å². The molecule has 1 aromatic carbocycles. The van der Waals surface area contributed by atoms with Crippen LogP contribution in [0.3, 0.4) is 0 Å². The lowest BCUT2D eigenvalue weighted by Crippen LogP contribution is -2.11. The molecule has 0 saturated carbocycles. The van der Waals surface area contributed by atoms with Crippen LogP contribution in [0.2, 0.25) is 0 Å². The van der Waals surface area contributed by atoms with E-state index in [1.165, 1.54) is 0 Å². The van der Waals surface area contributed by atoms with Crippen LogP contribution in [0.4, 0.5) is 0 Å². The van der Waals surface area contributed by atoms with E-state index in [4.69, 9.17) is 18.9 Å². The van der Waals surface area contributed by atoms with Crippen LogP contribution in [0.15, 0.2) is 6.07 Å². The summed E-state index contributed by atoms with van der Waals surface area (Å²) in [6.07, 6.45) is 0.840. The summed E-state index contributed by atoms with van der Waals surface area (Å²) in [7, 11) is 5.14. The van der Waals surface area contributed by atoms with E-state index in [1.54, 1.807) is 14.2 Å². The molecule has 0 spiro atoms. The molecular formula is C12H17NO4. The smallest absolute Gasteiger partial charge is 0.231 e. The Labute approximate surface area is 101 Å². The van der Waals surface area contributed by atoms with E-state index in [0.717, 1.165) is 18.5 Å². The number of hydrogen-bond acceptors (Lipinski definition) is 5. The van der Waals surface area contributed by atoms with Crippen LogP contribution >= 0.6 is 0 Å². The van der Waals surface area contributed by atoms with Crippen molar-refractivity contribution in [1.29, 1.82) is 0 Å². The van der Waals surface area contributed by atoms with E-state index in [-0.39, 0.29) is 6.79 Å². The molecule has 5 nitrogen and oxygen atoms in total. The number of ether oxygens (including phenoxy) is 4. The average Bonchev–Trinajstić information content (AvgIpc) is 2.81. The van der Waals surface area contributed by atoms with Gasteiger partial charge in [0.25, 0.3) is 0 Å². The molecule has 0 atom stereocenters. The molecular weight excluding hydrogens is 222 g/mol. The van der Waals surface area contributed by atoms with Gasteiger partial charge in [-0.3, -0.25) is 0 Å². The minimum atomic E-state index is 0.227. The Morgan fingerprint density at radius 3 is 2.65 bits per heavy atom. The molecule has 0 aliphatic carbocycles. The first kappa shape index (κ1) is 11.9. The molecule has 1 aromatic rings. The summed E-state index contributed by atoms with van der Waals surface area (Å²) in [5.41, 5.74) is 1.04. The van der Waals surface area contributed by atoms with Gasteiger partial charge >= 0.3 is 0 Å². The molecule has 17 heavy (non-hydrogen) atoms. The minimum Gasteiger partial charge on any atom is -0.492 e. The molecule has 5 heteroatoms. The molecule has 1 heterocycles. The van der Waals surface area contributed by atoms with Crippen molar-refractivity contribution in [1.82, 2.24) is 5.32 Å². The summed E-state index contributed by atoms with van der Waals surface area (Å²) in [6.45, 7) is 1.09. The number of benzene rings is 1. The largest absolute Gasteiger partial charge is 0.492 e. The third-order valence-electron chi connectivity index (χ3n) is 2.70. The summed E-state index contributed by atoms with van der Waals surface area (Å²) in [5, 5.41) is 3.10.